The average molecular weight is 432 g/mol. The maximum absolute atomic E-state index is 15.2. The topological polar surface area (TPSA) is 99.8 Å². The lowest BCUT2D eigenvalue weighted by Crippen LogP contribution is -2.13. The van der Waals surface area contributed by atoms with Crippen LogP contribution in [0, 0.1) is 16.6 Å². The van der Waals surface area contributed by atoms with Crippen molar-refractivity contribution in [2.45, 2.75) is 12.8 Å². The van der Waals surface area contributed by atoms with Gasteiger partial charge in [-0.15, -0.1) is 11.3 Å². The van der Waals surface area contributed by atoms with Crippen LogP contribution in [0.4, 0.5) is 4.39 Å². The van der Waals surface area contributed by atoms with Crippen molar-refractivity contribution in [2.24, 2.45) is 0 Å². The smallest absolute Gasteiger partial charge is 0.196 e. The molecule has 8 heteroatoms. The molecule has 154 valence electrons. The molecule has 6 nitrogen and oxygen atoms in total. The molecule has 0 unspecified atom stereocenters. The first kappa shape index (κ1) is 20.5. The van der Waals surface area contributed by atoms with Crippen molar-refractivity contribution in [3.63, 3.8) is 0 Å². The fraction of sp³-hybridized carbons (Fsp3) is 0.0870. The predicted molar refractivity (Wildman–Crippen MR) is 119 cm³/mol. The normalized spacial score (nSPS) is 10.7. The zero-order valence-corrected chi connectivity index (χ0v) is 17.1. The second-order valence-electron chi connectivity index (χ2n) is 6.68. The number of ether oxygens (including phenoxy) is 1. The van der Waals surface area contributed by atoms with Crippen LogP contribution < -0.4 is 0 Å². The van der Waals surface area contributed by atoms with Gasteiger partial charge in [-0.25, -0.2) is 9.37 Å². The molecular weight excluding hydrogens is 415 g/mol. The number of fused-ring (bicyclic) bond motifs is 1. The number of nitrogens with one attached hydrogen (secondary N) is 2. The van der Waals surface area contributed by atoms with Crippen LogP contribution in [0.2, 0.25) is 0 Å². The molecule has 0 bridgehead atoms. The fourth-order valence-corrected chi connectivity index (χ4v) is 4.08. The van der Waals surface area contributed by atoms with E-state index < -0.39 is 5.82 Å². The molecule has 2 heterocycles. The summed E-state index contributed by atoms with van der Waals surface area (Å²) < 4.78 is 20.6. The molecule has 4 rings (SSSR count). The SMILES string of the molecule is N=C(CC=O)OC(=N)Cc1nc2ccc(-c3ccc(-c4ccccc4)nc3)c(F)c2s1. The Labute approximate surface area is 181 Å². The number of hydrogen-bond donors (Lipinski definition) is 2. The largest absolute Gasteiger partial charge is 0.429 e. The number of aromatic nitrogens is 2. The minimum Gasteiger partial charge on any atom is -0.429 e. The van der Waals surface area contributed by atoms with E-state index in [0.717, 1.165) is 22.6 Å². The number of aldehydes is 1. The zero-order valence-electron chi connectivity index (χ0n) is 16.3. The summed E-state index contributed by atoms with van der Waals surface area (Å²) in [5, 5.41) is 15.8. The number of carbonyl (C=O) groups excluding carboxylic acids is 1. The number of halogens is 1. The van der Waals surface area contributed by atoms with E-state index in [0.29, 0.717) is 32.6 Å². The first-order valence-corrected chi connectivity index (χ1v) is 10.2. The van der Waals surface area contributed by atoms with Crippen molar-refractivity contribution in [1.82, 2.24) is 9.97 Å². The molecular formula is C23H17FN4O2S. The molecule has 0 saturated carbocycles. The minimum atomic E-state index is -0.392. The van der Waals surface area contributed by atoms with E-state index in [-0.39, 0.29) is 24.6 Å². The Kier molecular flexibility index (Phi) is 5.90. The van der Waals surface area contributed by atoms with E-state index in [4.69, 9.17) is 15.6 Å². The Morgan fingerprint density at radius 3 is 2.55 bits per heavy atom. The summed E-state index contributed by atoms with van der Waals surface area (Å²) in [5.41, 5.74) is 3.37. The number of benzene rings is 2. The van der Waals surface area contributed by atoms with Gasteiger partial charge in [0.25, 0.3) is 0 Å². The van der Waals surface area contributed by atoms with Gasteiger partial charge in [-0.3, -0.25) is 15.8 Å². The van der Waals surface area contributed by atoms with E-state index in [2.05, 4.69) is 9.97 Å². The van der Waals surface area contributed by atoms with Crippen molar-refractivity contribution in [1.29, 1.82) is 10.8 Å². The summed E-state index contributed by atoms with van der Waals surface area (Å²) in [4.78, 5) is 19.2. The summed E-state index contributed by atoms with van der Waals surface area (Å²) in [6.07, 6.45) is 2.00. The van der Waals surface area contributed by atoms with Crippen molar-refractivity contribution in [3.8, 4) is 22.4 Å². The van der Waals surface area contributed by atoms with Gasteiger partial charge in [0.2, 0.25) is 0 Å². The van der Waals surface area contributed by atoms with Crippen LogP contribution in [0.5, 0.6) is 0 Å². The maximum Gasteiger partial charge on any atom is 0.196 e. The second-order valence-corrected chi connectivity index (χ2v) is 7.76. The monoisotopic (exact) mass is 432 g/mol. The molecule has 2 aromatic heterocycles. The van der Waals surface area contributed by atoms with Crippen LogP contribution in [0.25, 0.3) is 32.6 Å². The molecule has 2 N–H and O–H groups in total. The van der Waals surface area contributed by atoms with Gasteiger partial charge >= 0.3 is 0 Å². The van der Waals surface area contributed by atoms with E-state index >= 15 is 4.39 Å². The second kappa shape index (κ2) is 8.93. The highest BCUT2D eigenvalue weighted by atomic mass is 32.1. The number of rotatable bonds is 6. The minimum absolute atomic E-state index is 0.0166. The standard InChI is InChI=1S/C23H17FN4O2S/c24-22-16(15-6-8-17(27-13-15)14-4-2-1-3-5-14)7-9-18-23(22)31-21(28-18)12-20(26)30-19(25)10-11-29/h1-9,11,13,25-26H,10,12H2. The number of carbonyl (C=O) groups is 1. The summed E-state index contributed by atoms with van der Waals surface area (Å²) in [5.74, 6) is -0.912. The zero-order chi connectivity index (χ0) is 21.8. The van der Waals surface area contributed by atoms with Crippen molar-refractivity contribution < 1.29 is 13.9 Å². The lowest BCUT2D eigenvalue weighted by molar-refractivity contribution is -0.107. The molecule has 4 aromatic rings. The molecule has 31 heavy (non-hydrogen) atoms. The van der Waals surface area contributed by atoms with Crippen molar-refractivity contribution in [2.75, 3.05) is 0 Å². The van der Waals surface area contributed by atoms with Gasteiger partial charge in [0.05, 0.1) is 28.8 Å². The van der Waals surface area contributed by atoms with Gasteiger partial charge in [-0.05, 0) is 18.2 Å². The summed E-state index contributed by atoms with van der Waals surface area (Å²) in [6.45, 7) is 0. The first-order valence-electron chi connectivity index (χ1n) is 9.41. The van der Waals surface area contributed by atoms with Gasteiger partial charge in [0.15, 0.2) is 17.6 Å². The fourth-order valence-electron chi connectivity index (χ4n) is 3.08. The highest BCUT2D eigenvalue weighted by Gasteiger charge is 2.16. The summed E-state index contributed by atoms with van der Waals surface area (Å²) in [7, 11) is 0. The number of pyridine rings is 1. The van der Waals surface area contributed by atoms with Crippen molar-refractivity contribution in [3.05, 3.63) is 71.6 Å². The van der Waals surface area contributed by atoms with Crippen LogP contribution in [0.1, 0.15) is 11.4 Å². The Hall–Kier alpha value is -3.78. The maximum atomic E-state index is 15.2. The number of hydrogen-bond acceptors (Lipinski definition) is 7. The number of thiazole rings is 1. The van der Waals surface area contributed by atoms with E-state index in [1.54, 1.807) is 18.3 Å². The Morgan fingerprint density at radius 2 is 1.84 bits per heavy atom. The molecule has 2 aromatic carbocycles. The molecule has 0 aliphatic rings. The van der Waals surface area contributed by atoms with Crippen LogP contribution >= 0.6 is 11.3 Å². The van der Waals surface area contributed by atoms with Gasteiger partial charge in [0.1, 0.15) is 11.3 Å². The van der Waals surface area contributed by atoms with Gasteiger partial charge < -0.3 is 9.53 Å². The lowest BCUT2D eigenvalue weighted by atomic mass is 10.0. The lowest BCUT2D eigenvalue weighted by Gasteiger charge is -2.05. The van der Waals surface area contributed by atoms with Gasteiger partial charge in [-0.2, -0.15) is 0 Å². The Morgan fingerprint density at radius 1 is 1.03 bits per heavy atom. The highest BCUT2D eigenvalue weighted by molar-refractivity contribution is 7.18. The molecule has 0 amide bonds. The van der Waals surface area contributed by atoms with Crippen LogP contribution in [0.3, 0.4) is 0 Å². The molecule has 0 fully saturated rings. The molecule has 0 saturated heterocycles. The molecule has 0 aliphatic carbocycles. The van der Waals surface area contributed by atoms with Gasteiger partial charge in [0, 0.05) is 22.9 Å². The van der Waals surface area contributed by atoms with Gasteiger partial charge in [-0.1, -0.05) is 36.4 Å². The summed E-state index contributed by atoms with van der Waals surface area (Å²) >= 11 is 1.13. The molecule has 0 aliphatic heterocycles. The van der Waals surface area contributed by atoms with Crippen LogP contribution in [0.15, 0.2) is 60.8 Å². The molecule has 0 atom stereocenters. The van der Waals surface area contributed by atoms with Crippen molar-refractivity contribution >= 4 is 39.6 Å². The Balaban J connectivity index is 1.57. The predicted octanol–water partition coefficient (Wildman–Crippen LogP) is 5.27. The van der Waals surface area contributed by atoms with E-state index in [1.807, 2.05) is 42.5 Å². The molecule has 0 radical (unpaired) electrons. The highest BCUT2D eigenvalue weighted by Crippen LogP contribution is 2.33. The number of nitrogens with zero attached hydrogens (tertiary/aromatic N) is 2. The summed E-state index contributed by atoms with van der Waals surface area (Å²) in [6, 6.07) is 16.9. The third kappa shape index (κ3) is 4.54. The first-order chi connectivity index (χ1) is 15.0. The average Bonchev–Trinajstić information content (AvgIpc) is 3.18. The third-order valence-electron chi connectivity index (χ3n) is 4.51. The quantitative estimate of drug-likeness (QED) is 0.246. The Bertz CT molecular complexity index is 1270. The van der Waals surface area contributed by atoms with Crippen LogP contribution in [-0.2, 0) is 16.0 Å². The third-order valence-corrected chi connectivity index (χ3v) is 5.58. The van der Waals surface area contributed by atoms with Crippen LogP contribution in [-0.4, -0.2) is 28.0 Å². The van der Waals surface area contributed by atoms with E-state index in [9.17, 15) is 4.79 Å². The van der Waals surface area contributed by atoms with E-state index in [1.165, 1.54) is 0 Å². The molecule has 0 spiro atoms.